The lowest BCUT2D eigenvalue weighted by atomic mass is 9.72. The van der Waals surface area contributed by atoms with Crippen molar-refractivity contribution in [2.24, 2.45) is 5.41 Å². The van der Waals surface area contributed by atoms with Crippen LogP contribution in [0.25, 0.3) is 0 Å². The molecule has 0 bridgehead atoms. The molecule has 1 aliphatic heterocycles. The molecule has 1 heterocycles. The lowest BCUT2D eigenvalue weighted by molar-refractivity contribution is -0.137. The second-order valence-corrected chi connectivity index (χ2v) is 4.57. The van der Waals surface area contributed by atoms with Gasteiger partial charge in [0.05, 0.1) is 13.0 Å². The fourth-order valence-corrected chi connectivity index (χ4v) is 2.38. The van der Waals surface area contributed by atoms with Crippen LogP contribution in [0.15, 0.2) is 11.1 Å². The Bertz CT molecular complexity index is 278. The summed E-state index contributed by atoms with van der Waals surface area (Å²) < 4.78 is 5.07. The number of ether oxygens (including phenoxy) is 1. The second-order valence-electron chi connectivity index (χ2n) is 4.57. The van der Waals surface area contributed by atoms with Crippen molar-refractivity contribution in [3.05, 3.63) is 11.1 Å². The number of allylic oxidation sites excluding steroid dienone is 2. The average molecular weight is 180 g/mol. The highest BCUT2D eigenvalue weighted by Gasteiger charge is 2.41. The number of hydrogen-bond acceptors (Lipinski definition) is 2. The smallest absolute Gasteiger partial charge is 0.306 e. The normalized spacial score (nSPS) is 34.2. The van der Waals surface area contributed by atoms with Gasteiger partial charge in [-0.3, -0.25) is 4.79 Å². The van der Waals surface area contributed by atoms with Gasteiger partial charge >= 0.3 is 5.97 Å². The van der Waals surface area contributed by atoms with E-state index in [9.17, 15) is 4.79 Å². The van der Waals surface area contributed by atoms with E-state index < -0.39 is 0 Å². The first kappa shape index (κ1) is 8.79. The molecule has 1 aliphatic carbocycles. The Labute approximate surface area is 79.0 Å². The number of esters is 1. The third-order valence-corrected chi connectivity index (χ3v) is 3.46. The van der Waals surface area contributed by atoms with E-state index in [2.05, 4.69) is 13.8 Å². The molecule has 1 saturated heterocycles. The van der Waals surface area contributed by atoms with Crippen LogP contribution in [0.4, 0.5) is 0 Å². The fraction of sp³-hybridized carbons (Fsp3) is 0.727. The predicted octanol–water partition coefficient (Wildman–Crippen LogP) is 2.44. The highest BCUT2D eigenvalue weighted by molar-refractivity contribution is 5.72. The molecule has 0 aromatic heterocycles. The van der Waals surface area contributed by atoms with Crippen LogP contribution in [0.2, 0.25) is 0 Å². The molecular formula is C11H16O2. The Morgan fingerprint density at radius 1 is 1.23 bits per heavy atom. The van der Waals surface area contributed by atoms with Gasteiger partial charge in [-0.2, -0.15) is 0 Å². The van der Waals surface area contributed by atoms with Crippen molar-refractivity contribution >= 4 is 5.97 Å². The third kappa shape index (κ3) is 1.50. The molecule has 13 heavy (non-hydrogen) atoms. The number of carbonyl (C=O) groups is 1. The summed E-state index contributed by atoms with van der Waals surface area (Å²) in [5, 5.41) is 0. The third-order valence-electron chi connectivity index (χ3n) is 3.46. The molecule has 1 fully saturated rings. The Morgan fingerprint density at radius 2 is 2.00 bits per heavy atom. The minimum Gasteiger partial charge on any atom is -0.465 e. The fourth-order valence-electron chi connectivity index (χ4n) is 2.38. The minimum absolute atomic E-state index is 0.00708. The molecule has 0 amide bonds. The standard InChI is InChI=1S/C11H16O2/c1-8-3-4-11(5-9(8)2)6-10(12)13-7-11/h3-7H2,1-2H3. The van der Waals surface area contributed by atoms with Gasteiger partial charge in [0.15, 0.2) is 0 Å². The van der Waals surface area contributed by atoms with Gasteiger partial charge in [0.25, 0.3) is 0 Å². The lowest BCUT2D eigenvalue weighted by Gasteiger charge is -2.31. The molecule has 0 saturated carbocycles. The Hall–Kier alpha value is -0.790. The van der Waals surface area contributed by atoms with Crippen LogP contribution in [-0.2, 0) is 9.53 Å². The van der Waals surface area contributed by atoms with Gasteiger partial charge in [0.1, 0.15) is 0 Å². The SMILES string of the molecule is CC1=C(C)CC2(CC1)COC(=O)C2. The maximum Gasteiger partial charge on any atom is 0.306 e. The van der Waals surface area contributed by atoms with Crippen LogP contribution in [0, 0.1) is 5.41 Å². The molecule has 72 valence electrons. The number of cyclic esters (lactones) is 1. The van der Waals surface area contributed by atoms with E-state index >= 15 is 0 Å². The zero-order valence-electron chi connectivity index (χ0n) is 8.35. The van der Waals surface area contributed by atoms with Gasteiger partial charge in [0, 0.05) is 5.41 Å². The van der Waals surface area contributed by atoms with Gasteiger partial charge in [-0.1, -0.05) is 11.1 Å². The highest BCUT2D eigenvalue weighted by atomic mass is 16.5. The van der Waals surface area contributed by atoms with Gasteiger partial charge in [-0.25, -0.2) is 0 Å². The van der Waals surface area contributed by atoms with Crippen LogP contribution < -0.4 is 0 Å². The number of carbonyl (C=O) groups excluding carboxylic acids is 1. The quantitative estimate of drug-likeness (QED) is 0.423. The molecule has 2 heteroatoms. The van der Waals surface area contributed by atoms with E-state index in [1.807, 2.05) is 0 Å². The van der Waals surface area contributed by atoms with Crippen LogP contribution in [0.3, 0.4) is 0 Å². The van der Waals surface area contributed by atoms with Gasteiger partial charge < -0.3 is 4.74 Å². The summed E-state index contributed by atoms with van der Waals surface area (Å²) in [6.45, 7) is 5.02. The first-order valence-corrected chi connectivity index (χ1v) is 4.92. The summed E-state index contributed by atoms with van der Waals surface area (Å²) >= 11 is 0. The van der Waals surface area contributed by atoms with Crippen molar-refractivity contribution in [2.45, 2.75) is 39.5 Å². The van der Waals surface area contributed by atoms with Crippen LogP contribution >= 0.6 is 0 Å². The summed E-state index contributed by atoms with van der Waals surface area (Å²) in [4.78, 5) is 11.1. The van der Waals surface area contributed by atoms with Crippen molar-refractivity contribution in [1.29, 1.82) is 0 Å². The van der Waals surface area contributed by atoms with E-state index in [1.165, 1.54) is 11.1 Å². The molecule has 2 rings (SSSR count). The summed E-state index contributed by atoms with van der Waals surface area (Å²) in [6, 6.07) is 0. The monoisotopic (exact) mass is 180 g/mol. The van der Waals surface area contributed by atoms with E-state index in [-0.39, 0.29) is 11.4 Å². The Balaban J connectivity index is 2.16. The summed E-state index contributed by atoms with van der Waals surface area (Å²) in [7, 11) is 0. The second kappa shape index (κ2) is 2.86. The molecular weight excluding hydrogens is 164 g/mol. The van der Waals surface area contributed by atoms with E-state index in [0.717, 1.165) is 19.3 Å². The molecule has 2 aliphatic rings. The Kier molecular flexibility index (Phi) is 1.94. The summed E-state index contributed by atoms with van der Waals surface area (Å²) in [5.41, 5.74) is 3.13. The first-order chi connectivity index (χ1) is 6.11. The van der Waals surface area contributed by atoms with Crippen LogP contribution in [0.5, 0.6) is 0 Å². The first-order valence-electron chi connectivity index (χ1n) is 4.92. The van der Waals surface area contributed by atoms with Gasteiger partial charge in [-0.05, 0) is 33.1 Å². The molecule has 2 nitrogen and oxygen atoms in total. The van der Waals surface area contributed by atoms with Gasteiger partial charge in [0.2, 0.25) is 0 Å². The summed E-state index contributed by atoms with van der Waals surface area (Å²) in [6.07, 6.45) is 3.96. The zero-order chi connectivity index (χ0) is 9.47. The highest BCUT2D eigenvalue weighted by Crippen LogP contribution is 2.45. The van der Waals surface area contributed by atoms with Crippen LogP contribution in [0.1, 0.15) is 39.5 Å². The van der Waals surface area contributed by atoms with Crippen molar-refractivity contribution in [1.82, 2.24) is 0 Å². The maximum absolute atomic E-state index is 11.1. The molecule has 0 aromatic carbocycles. The maximum atomic E-state index is 11.1. The lowest BCUT2D eigenvalue weighted by Crippen LogP contribution is -2.25. The van der Waals surface area contributed by atoms with Crippen LogP contribution in [-0.4, -0.2) is 12.6 Å². The molecule has 1 spiro atoms. The molecule has 0 radical (unpaired) electrons. The van der Waals surface area contributed by atoms with Crippen molar-refractivity contribution in [3.63, 3.8) is 0 Å². The van der Waals surface area contributed by atoms with Crippen molar-refractivity contribution < 1.29 is 9.53 Å². The average Bonchev–Trinajstić information content (AvgIpc) is 2.42. The topological polar surface area (TPSA) is 26.3 Å². The number of rotatable bonds is 0. The van der Waals surface area contributed by atoms with Crippen molar-refractivity contribution in [2.75, 3.05) is 6.61 Å². The van der Waals surface area contributed by atoms with Gasteiger partial charge in [-0.15, -0.1) is 0 Å². The molecule has 1 atom stereocenters. The largest absolute Gasteiger partial charge is 0.465 e. The minimum atomic E-state index is -0.00708. The molecule has 0 N–H and O–H groups in total. The molecule has 0 aromatic rings. The van der Waals surface area contributed by atoms with E-state index in [0.29, 0.717) is 13.0 Å². The van der Waals surface area contributed by atoms with Crippen molar-refractivity contribution in [3.8, 4) is 0 Å². The Morgan fingerprint density at radius 3 is 2.54 bits per heavy atom. The molecule has 1 unspecified atom stereocenters. The summed E-state index contributed by atoms with van der Waals surface area (Å²) in [5.74, 6) is -0.00708. The van der Waals surface area contributed by atoms with E-state index in [1.54, 1.807) is 0 Å². The van der Waals surface area contributed by atoms with E-state index in [4.69, 9.17) is 4.74 Å². The number of hydrogen-bond donors (Lipinski definition) is 0. The predicted molar refractivity (Wildman–Crippen MR) is 50.2 cm³/mol. The zero-order valence-corrected chi connectivity index (χ0v) is 8.35.